The molecule has 1 heterocycles. The Kier molecular flexibility index (Phi) is 2.12. The molecule has 0 N–H and O–H groups in total. The Bertz CT molecular complexity index is 560. The van der Waals surface area contributed by atoms with Gasteiger partial charge in [-0.2, -0.15) is 0 Å². The highest BCUT2D eigenvalue weighted by Crippen LogP contribution is 2.39. The van der Waals surface area contributed by atoms with Gasteiger partial charge in [-0.05, 0) is 37.7 Å². The molecule has 0 radical (unpaired) electrons. The Morgan fingerprint density at radius 1 is 1.29 bits per heavy atom. The van der Waals surface area contributed by atoms with Crippen LogP contribution in [0.25, 0.3) is 0 Å². The summed E-state index contributed by atoms with van der Waals surface area (Å²) in [4.78, 5) is 24.7. The number of carbonyl (C=O) groups is 2. The van der Waals surface area contributed by atoms with Crippen LogP contribution in [0, 0.1) is 12.8 Å². The third-order valence-electron chi connectivity index (χ3n) is 3.81. The van der Waals surface area contributed by atoms with Crippen molar-refractivity contribution in [3.8, 4) is 0 Å². The predicted molar refractivity (Wildman–Crippen MR) is 62.1 cm³/mol. The highest BCUT2D eigenvalue weighted by Gasteiger charge is 2.39. The lowest BCUT2D eigenvalue weighted by Crippen LogP contribution is -2.27. The van der Waals surface area contributed by atoms with E-state index in [9.17, 15) is 9.59 Å². The first kappa shape index (κ1) is 10.5. The fourth-order valence-corrected chi connectivity index (χ4v) is 2.92. The van der Waals surface area contributed by atoms with E-state index in [1.165, 1.54) is 6.26 Å². The van der Waals surface area contributed by atoms with E-state index in [4.69, 9.17) is 4.42 Å². The second kappa shape index (κ2) is 3.42. The number of allylic oxidation sites excluding steroid dienone is 2. The van der Waals surface area contributed by atoms with E-state index < -0.39 is 0 Å². The molecule has 88 valence electrons. The molecule has 1 aromatic rings. The summed E-state index contributed by atoms with van der Waals surface area (Å²) in [5.74, 6) is 0.375. The minimum absolute atomic E-state index is 0.00745. The van der Waals surface area contributed by atoms with Gasteiger partial charge in [-0.15, -0.1) is 0 Å². The van der Waals surface area contributed by atoms with Crippen molar-refractivity contribution in [3.05, 3.63) is 34.3 Å². The standard InChI is InChI=1S/C14H14O3/c1-7-4-3-5-9-10(7)13(16)11-8(2)6-17-14(11)12(9)15/h6-7H,3-5H2,1-2H3. The number of aryl methyl sites for hydroxylation is 1. The first-order valence-electron chi connectivity index (χ1n) is 6.01. The molecule has 0 amide bonds. The Balaban J connectivity index is 2.24. The molecule has 3 heteroatoms. The normalized spacial score (nSPS) is 23.8. The number of Topliss-reactive ketones (excluding diaryl/α,β-unsaturated/α-hetero) is 2. The second-order valence-corrected chi connectivity index (χ2v) is 4.97. The first-order chi connectivity index (χ1) is 8.11. The smallest absolute Gasteiger partial charge is 0.225 e. The molecule has 0 aromatic carbocycles. The summed E-state index contributed by atoms with van der Waals surface area (Å²) in [6.45, 7) is 3.84. The average Bonchev–Trinajstić information content (AvgIpc) is 2.68. The lowest BCUT2D eigenvalue weighted by molar-refractivity contribution is 0.0938. The molecule has 2 aliphatic carbocycles. The molecule has 0 saturated carbocycles. The van der Waals surface area contributed by atoms with E-state index in [0.717, 1.165) is 24.0 Å². The fraction of sp³-hybridized carbons (Fsp3) is 0.429. The number of fused-ring (bicyclic) bond motifs is 1. The summed E-state index contributed by atoms with van der Waals surface area (Å²) in [7, 11) is 0. The average molecular weight is 230 g/mol. The van der Waals surface area contributed by atoms with Crippen LogP contribution in [-0.4, -0.2) is 11.6 Å². The van der Waals surface area contributed by atoms with Gasteiger partial charge in [-0.1, -0.05) is 6.92 Å². The van der Waals surface area contributed by atoms with Gasteiger partial charge in [-0.3, -0.25) is 9.59 Å². The largest absolute Gasteiger partial charge is 0.460 e. The van der Waals surface area contributed by atoms with E-state index >= 15 is 0 Å². The second-order valence-electron chi connectivity index (χ2n) is 4.97. The summed E-state index contributed by atoms with van der Waals surface area (Å²) in [5, 5.41) is 0. The number of hydrogen-bond donors (Lipinski definition) is 0. The monoisotopic (exact) mass is 230 g/mol. The zero-order valence-corrected chi connectivity index (χ0v) is 10.0. The van der Waals surface area contributed by atoms with Crippen LogP contribution < -0.4 is 0 Å². The van der Waals surface area contributed by atoms with Gasteiger partial charge in [0.2, 0.25) is 5.78 Å². The third-order valence-corrected chi connectivity index (χ3v) is 3.81. The van der Waals surface area contributed by atoms with Crippen molar-refractivity contribution in [2.45, 2.75) is 33.1 Å². The molecule has 1 unspecified atom stereocenters. The Labute approximate surface area is 99.5 Å². The molecule has 1 aromatic heterocycles. The van der Waals surface area contributed by atoms with Gasteiger partial charge in [0.25, 0.3) is 0 Å². The molecule has 3 rings (SSSR count). The lowest BCUT2D eigenvalue weighted by Gasteiger charge is -2.27. The van der Waals surface area contributed by atoms with Crippen LogP contribution in [0.15, 0.2) is 21.8 Å². The van der Waals surface area contributed by atoms with Gasteiger partial charge in [-0.25, -0.2) is 0 Å². The van der Waals surface area contributed by atoms with Crippen molar-refractivity contribution >= 4 is 11.6 Å². The molecule has 0 aliphatic heterocycles. The Morgan fingerprint density at radius 2 is 2.06 bits per heavy atom. The van der Waals surface area contributed by atoms with E-state index in [1.807, 2.05) is 13.8 Å². The summed E-state index contributed by atoms with van der Waals surface area (Å²) in [6.07, 6.45) is 4.19. The van der Waals surface area contributed by atoms with Gasteiger partial charge < -0.3 is 4.42 Å². The van der Waals surface area contributed by atoms with Crippen molar-refractivity contribution in [2.75, 3.05) is 0 Å². The zero-order valence-electron chi connectivity index (χ0n) is 10.0. The minimum Gasteiger partial charge on any atom is -0.460 e. The predicted octanol–water partition coefficient (Wildman–Crippen LogP) is 3.08. The number of furan rings is 1. The highest BCUT2D eigenvalue weighted by atomic mass is 16.3. The molecular weight excluding hydrogens is 216 g/mol. The zero-order chi connectivity index (χ0) is 12.2. The highest BCUT2D eigenvalue weighted by molar-refractivity contribution is 6.26. The maximum atomic E-state index is 12.4. The van der Waals surface area contributed by atoms with E-state index in [2.05, 4.69) is 0 Å². The summed E-state index contributed by atoms with van der Waals surface area (Å²) >= 11 is 0. The molecule has 0 saturated heterocycles. The molecule has 0 bridgehead atoms. The van der Waals surface area contributed by atoms with Gasteiger partial charge in [0.1, 0.15) is 0 Å². The van der Waals surface area contributed by atoms with Gasteiger partial charge in [0.15, 0.2) is 11.5 Å². The topological polar surface area (TPSA) is 47.3 Å². The molecule has 1 atom stereocenters. The van der Waals surface area contributed by atoms with Crippen LogP contribution in [0.2, 0.25) is 0 Å². The molecule has 2 aliphatic rings. The van der Waals surface area contributed by atoms with Crippen LogP contribution in [0.1, 0.15) is 52.7 Å². The van der Waals surface area contributed by atoms with E-state index in [1.54, 1.807) is 0 Å². The van der Waals surface area contributed by atoms with Crippen molar-refractivity contribution < 1.29 is 14.0 Å². The maximum absolute atomic E-state index is 12.4. The summed E-state index contributed by atoms with van der Waals surface area (Å²) in [6, 6.07) is 0. The maximum Gasteiger partial charge on any atom is 0.225 e. The quantitative estimate of drug-likeness (QED) is 0.688. The van der Waals surface area contributed by atoms with E-state index in [0.29, 0.717) is 17.6 Å². The molecular formula is C14H14O3. The van der Waals surface area contributed by atoms with Crippen LogP contribution in [0.4, 0.5) is 0 Å². The third kappa shape index (κ3) is 1.28. The van der Waals surface area contributed by atoms with Crippen LogP contribution in [-0.2, 0) is 0 Å². The molecule has 0 spiro atoms. The molecule has 3 nitrogen and oxygen atoms in total. The SMILES string of the molecule is Cc1coc2c1C(=O)C1=C(CCCC1C)C2=O. The summed E-state index contributed by atoms with van der Waals surface area (Å²) < 4.78 is 5.25. The van der Waals surface area contributed by atoms with Crippen LogP contribution in [0.3, 0.4) is 0 Å². The minimum atomic E-state index is -0.0748. The number of carbonyl (C=O) groups excluding carboxylic acids is 2. The molecule has 17 heavy (non-hydrogen) atoms. The van der Waals surface area contributed by atoms with Gasteiger partial charge >= 0.3 is 0 Å². The van der Waals surface area contributed by atoms with E-state index in [-0.39, 0.29) is 23.2 Å². The van der Waals surface area contributed by atoms with Gasteiger partial charge in [0.05, 0.1) is 11.8 Å². The summed E-state index contributed by atoms with van der Waals surface area (Å²) in [5.41, 5.74) is 2.68. The molecule has 0 fully saturated rings. The van der Waals surface area contributed by atoms with Crippen molar-refractivity contribution in [1.29, 1.82) is 0 Å². The number of hydrogen-bond acceptors (Lipinski definition) is 3. The number of ketones is 2. The Morgan fingerprint density at radius 3 is 2.82 bits per heavy atom. The van der Waals surface area contributed by atoms with Crippen molar-refractivity contribution in [2.24, 2.45) is 5.92 Å². The lowest BCUT2D eigenvalue weighted by atomic mass is 9.74. The van der Waals surface area contributed by atoms with Crippen molar-refractivity contribution in [3.63, 3.8) is 0 Å². The number of rotatable bonds is 0. The van der Waals surface area contributed by atoms with Crippen LogP contribution >= 0.6 is 0 Å². The first-order valence-corrected chi connectivity index (χ1v) is 6.01. The van der Waals surface area contributed by atoms with Crippen LogP contribution in [0.5, 0.6) is 0 Å². The Hall–Kier alpha value is -1.64. The fourth-order valence-electron chi connectivity index (χ4n) is 2.92. The van der Waals surface area contributed by atoms with Crippen molar-refractivity contribution in [1.82, 2.24) is 0 Å². The van der Waals surface area contributed by atoms with Gasteiger partial charge in [0, 0.05) is 11.1 Å².